The molecule has 4 rings (SSSR count). The molecule has 0 saturated heterocycles. The van der Waals surface area contributed by atoms with Gasteiger partial charge >= 0.3 is 0 Å². The monoisotopic (exact) mass is 386 g/mol. The van der Waals surface area contributed by atoms with Crippen molar-refractivity contribution in [2.24, 2.45) is 0 Å². The van der Waals surface area contributed by atoms with Crippen molar-refractivity contribution in [2.45, 2.75) is 6.54 Å². The van der Waals surface area contributed by atoms with Crippen molar-refractivity contribution in [3.8, 4) is 5.75 Å². The molecule has 1 aromatic heterocycles. The van der Waals surface area contributed by atoms with Crippen LogP contribution in [0.4, 0.5) is 15.8 Å². The first kappa shape index (κ1) is 17.0. The Kier molecular flexibility index (Phi) is 4.19. The maximum Gasteiger partial charge on any atom is 0.183 e. The summed E-state index contributed by atoms with van der Waals surface area (Å²) in [6.45, 7) is 0.424. The van der Waals surface area contributed by atoms with Gasteiger partial charge in [0.1, 0.15) is 34.4 Å². The van der Waals surface area contributed by atoms with Crippen molar-refractivity contribution in [3.63, 3.8) is 0 Å². The van der Waals surface area contributed by atoms with Crippen molar-refractivity contribution in [2.75, 3.05) is 0 Å². The Morgan fingerprint density at radius 1 is 1.04 bits per heavy atom. The first-order valence-electron chi connectivity index (χ1n) is 7.86. The molecule has 6 heteroatoms. The van der Waals surface area contributed by atoms with E-state index in [2.05, 4.69) is 11.1 Å². The molecular weight excluding hydrogens is 374 g/mol. The van der Waals surface area contributed by atoms with Gasteiger partial charge in [0.25, 0.3) is 0 Å². The summed E-state index contributed by atoms with van der Waals surface area (Å²) in [6.07, 6.45) is 8.00. The molecular formula is C20H13Cl2FN2O+. The van der Waals surface area contributed by atoms with Gasteiger partial charge in [-0.2, -0.15) is 0 Å². The molecule has 3 aromatic rings. The lowest BCUT2D eigenvalue weighted by atomic mass is 10.1. The zero-order valence-electron chi connectivity index (χ0n) is 13.5. The first-order valence-corrected chi connectivity index (χ1v) is 8.62. The average molecular weight is 387 g/mol. The highest BCUT2D eigenvalue weighted by Gasteiger charge is 2.42. The number of pyridine rings is 1. The summed E-state index contributed by atoms with van der Waals surface area (Å²) < 4.78 is 13.5. The van der Waals surface area contributed by atoms with E-state index < -0.39 is 0 Å². The fourth-order valence-corrected chi connectivity index (χ4v) is 3.98. The second-order valence-electron chi connectivity index (χ2n) is 6.05. The number of aromatic nitrogens is 1. The van der Waals surface area contributed by atoms with Crippen LogP contribution in [0, 0.1) is 11.9 Å². The molecule has 1 N–H and O–H groups in total. The Hall–Kier alpha value is -2.40. The van der Waals surface area contributed by atoms with Gasteiger partial charge in [-0.05, 0) is 18.2 Å². The van der Waals surface area contributed by atoms with Crippen LogP contribution >= 0.6 is 23.2 Å². The third-order valence-electron chi connectivity index (χ3n) is 4.45. The number of hydrogen-bond donors (Lipinski definition) is 1. The third-order valence-corrected chi connectivity index (χ3v) is 5.01. The van der Waals surface area contributed by atoms with Crippen LogP contribution in [0.15, 0.2) is 61.1 Å². The van der Waals surface area contributed by atoms with E-state index in [0.29, 0.717) is 27.8 Å². The maximum absolute atomic E-state index is 13.3. The summed E-state index contributed by atoms with van der Waals surface area (Å²) >= 11 is 12.9. The topological polar surface area (TPSA) is 33.1 Å². The second kappa shape index (κ2) is 6.40. The third kappa shape index (κ3) is 2.67. The minimum atomic E-state index is -0.304. The molecule has 2 aromatic carbocycles. The highest BCUT2D eigenvalue weighted by Crippen LogP contribution is 2.51. The number of halogens is 3. The zero-order valence-corrected chi connectivity index (χ0v) is 15.0. The SMILES string of the molecule is Oc1cccc2c1[C]=C[N+]2(Cc1ccc(F)cc1)c1c(Cl)cncc1Cl. The Morgan fingerprint density at radius 3 is 2.42 bits per heavy atom. The van der Waals surface area contributed by atoms with Gasteiger partial charge in [0.05, 0.1) is 24.0 Å². The number of phenolic OH excluding ortho intramolecular Hbond substituents is 1. The Balaban J connectivity index is 1.97. The summed E-state index contributed by atoms with van der Waals surface area (Å²) in [6, 6.07) is 11.5. The number of phenols is 1. The normalized spacial score (nSPS) is 18.1. The molecule has 0 saturated carbocycles. The molecule has 0 bridgehead atoms. The lowest BCUT2D eigenvalue weighted by Gasteiger charge is -2.33. The minimum Gasteiger partial charge on any atom is -0.507 e. The van der Waals surface area contributed by atoms with E-state index in [-0.39, 0.29) is 16.0 Å². The average Bonchev–Trinajstić information content (AvgIpc) is 2.98. The number of aromatic hydroxyl groups is 1. The molecule has 0 spiro atoms. The second-order valence-corrected chi connectivity index (χ2v) is 6.86. The van der Waals surface area contributed by atoms with Gasteiger partial charge in [-0.3, -0.25) is 4.98 Å². The van der Waals surface area contributed by atoms with Crippen LogP contribution in [0.5, 0.6) is 5.75 Å². The van der Waals surface area contributed by atoms with Gasteiger partial charge in [0.2, 0.25) is 0 Å². The fourth-order valence-electron chi connectivity index (χ4n) is 3.31. The summed E-state index contributed by atoms with van der Waals surface area (Å²) in [5.74, 6) is -0.180. The highest BCUT2D eigenvalue weighted by atomic mass is 35.5. The molecule has 2 heterocycles. The van der Waals surface area contributed by atoms with Crippen LogP contribution in [-0.2, 0) is 6.54 Å². The molecule has 1 radical (unpaired) electrons. The molecule has 0 fully saturated rings. The number of fused-ring (bicyclic) bond motifs is 1. The Bertz CT molecular complexity index is 1000. The van der Waals surface area contributed by atoms with Crippen molar-refractivity contribution < 1.29 is 9.50 Å². The molecule has 0 aliphatic carbocycles. The fraction of sp³-hybridized carbons (Fsp3) is 0.0500. The molecule has 129 valence electrons. The van der Waals surface area contributed by atoms with Gasteiger partial charge in [-0.15, -0.1) is 0 Å². The van der Waals surface area contributed by atoms with E-state index in [4.69, 9.17) is 23.2 Å². The lowest BCUT2D eigenvalue weighted by Crippen LogP contribution is -2.36. The van der Waals surface area contributed by atoms with Crippen LogP contribution in [0.25, 0.3) is 0 Å². The predicted octanol–water partition coefficient (Wildman–Crippen LogP) is 5.75. The molecule has 1 atom stereocenters. The Morgan fingerprint density at radius 2 is 1.73 bits per heavy atom. The number of rotatable bonds is 3. The van der Waals surface area contributed by atoms with E-state index in [1.165, 1.54) is 24.5 Å². The molecule has 3 nitrogen and oxygen atoms in total. The van der Waals surface area contributed by atoms with E-state index in [1.54, 1.807) is 30.5 Å². The van der Waals surface area contributed by atoms with E-state index in [9.17, 15) is 9.50 Å². The minimum absolute atomic E-state index is 0.121. The quantitative estimate of drug-likeness (QED) is 0.581. The van der Waals surface area contributed by atoms with Crippen LogP contribution < -0.4 is 4.48 Å². The summed E-state index contributed by atoms with van der Waals surface area (Å²) in [5.41, 5.74) is 2.87. The number of hydrogen-bond acceptors (Lipinski definition) is 2. The largest absolute Gasteiger partial charge is 0.507 e. The predicted molar refractivity (Wildman–Crippen MR) is 101 cm³/mol. The van der Waals surface area contributed by atoms with Crippen molar-refractivity contribution in [1.82, 2.24) is 9.47 Å². The van der Waals surface area contributed by atoms with E-state index in [0.717, 1.165) is 11.3 Å². The molecule has 0 amide bonds. The van der Waals surface area contributed by atoms with Crippen molar-refractivity contribution in [1.29, 1.82) is 0 Å². The van der Waals surface area contributed by atoms with Gasteiger partial charge in [0, 0.05) is 11.6 Å². The van der Waals surface area contributed by atoms with Crippen LogP contribution in [0.1, 0.15) is 11.1 Å². The zero-order chi connectivity index (χ0) is 18.3. The van der Waals surface area contributed by atoms with E-state index in [1.807, 2.05) is 6.07 Å². The molecule has 1 unspecified atom stereocenters. The summed E-state index contributed by atoms with van der Waals surface area (Å²) in [5, 5.41) is 11.0. The molecule has 1 aliphatic rings. The van der Waals surface area contributed by atoms with E-state index >= 15 is 0 Å². The summed E-state index contributed by atoms with van der Waals surface area (Å²) in [7, 11) is 0. The maximum atomic E-state index is 13.3. The highest BCUT2D eigenvalue weighted by molar-refractivity contribution is 6.38. The summed E-state index contributed by atoms with van der Waals surface area (Å²) in [4.78, 5) is 4.03. The van der Waals surface area contributed by atoms with Crippen LogP contribution in [-0.4, -0.2) is 10.1 Å². The van der Waals surface area contributed by atoms with Crippen molar-refractivity contribution in [3.05, 3.63) is 94.1 Å². The Labute approximate surface area is 160 Å². The first-order chi connectivity index (χ1) is 12.5. The van der Waals surface area contributed by atoms with Crippen LogP contribution in [0.3, 0.4) is 0 Å². The number of nitrogens with zero attached hydrogens (tertiary/aromatic N) is 2. The van der Waals surface area contributed by atoms with Crippen LogP contribution in [0.2, 0.25) is 10.0 Å². The molecule has 1 aliphatic heterocycles. The lowest BCUT2D eigenvalue weighted by molar-refractivity contribution is 0.468. The molecule has 26 heavy (non-hydrogen) atoms. The van der Waals surface area contributed by atoms with Gasteiger partial charge in [-0.25, -0.2) is 8.87 Å². The van der Waals surface area contributed by atoms with Gasteiger partial charge in [-0.1, -0.05) is 41.4 Å². The smallest absolute Gasteiger partial charge is 0.183 e. The van der Waals surface area contributed by atoms with Gasteiger partial charge < -0.3 is 5.11 Å². The number of quaternary nitrogens is 1. The standard InChI is InChI=1S/C20H12Cl2FN2O/c21-16-10-24-11-17(22)20(16)25(12-13-4-6-14(23)7-5-13)9-8-15-18(25)2-1-3-19(15)26/h1-7,9-11H,12H2/p+1. The van der Waals surface area contributed by atoms with Crippen molar-refractivity contribution >= 4 is 34.6 Å². The number of benzene rings is 2. The van der Waals surface area contributed by atoms with Gasteiger partial charge in [0.15, 0.2) is 11.4 Å².